The summed E-state index contributed by atoms with van der Waals surface area (Å²) in [4.78, 5) is 23.1. The number of hydrogen-bond donors (Lipinski definition) is 3. The Hall–Kier alpha value is -3.81. The van der Waals surface area contributed by atoms with Gasteiger partial charge in [0.1, 0.15) is 17.2 Å². The Morgan fingerprint density at radius 2 is 1.34 bits per heavy atom. The predicted octanol–water partition coefficient (Wildman–Crippen LogP) is 4.61. The lowest BCUT2D eigenvalue weighted by molar-refractivity contribution is 0.414. The second-order valence-electron chi connectivity index (χ2n) is 8.00. The van der Waals surface area contributed by atoms with Crippen molar-refractivity contribution in [2.75, 3.05) is 19.5 Å². The maximum atomic E-state index is 11.8. The van der Waals surface area contributed by atoms with Crippen LogP contribution in [0.15, 0.2) is 82.4 Å². The number of rotatable bonds is 9. The maximum Gasteiger partial charge on any atom is 0.271 e. The molecule has 2 atom stereocenters. The molecule has 0 fully saturated rings. The van der Waals surface area contributed by atoms with Crippen molar-refractivity contribution in [1.29, 1.82) is 0 Å². The number of anilines is 2. The third-order valence-electron chi connectivity index (χ3n) is 5.86. The molecular weight excluding hydrogens is 468 g/mol. The van der Waals surface area contributed by atoms with Crippen molar-refractivity contribution >= 4 is 23.8 Å². The molecule has 0 aliphatic rings. The largest absolute Gasteiger partial charge is 0.502 e. The quantitative estimate of drug-likeness (QED) is 0.292. The van der Waals surface area contributed by atoms with Crippen molar-refractivity contribution in [2.45, 2.75) is 19.0 Å². The first-order valence-corrected chi connectivity index (χ1v) is 10.8. The van der Waals surface area contributed by atoms with Crippen LogP contribution in [0.4, 0.5) is 11.4 Å². The van der Waals surface area contributed by atoms with Gasteiger partial charge in [0.25, 0.3) is 10.9 Å². The second-order valence-corrected chi connectivity index (χ2v) is 8.00. The number of ether oxygens (including phenoxy) is 2. The highest BCUT2D eigenvalue weighted by Crippen LogP contribution is 2.30. The van der Waals surface area contributed by atoms with Gasteiger partial charge in [0.05, 0.1) is 20.3 Å². The number of halogens is 1. The standard InChI is InChI=1S/C27H26N2O5.ClH/c1-16(17-7-11-21(33-2)12-8-17)28-23(18-9-13-22(34-3)14-10-18)19-5-4-6-20(15-19)29-24-25(30)27(32)26(24)31;/h4-16,23,28-30H,1-3H3;1H/t16-,23?;/m1./s1. The Morgan fingerprint density at radius 1 is 0.771 bits per heavy atom. The molecule has 4 rings (SSSR count). The van der Waals surface area contributed by atoms with Gasteiger partial charge in [0, 0.05) is 11.7 Å². The zero-order valence-electron chi connectivity index (χ0n) is 19.6. The molecule has 0 aliphatic carbocycles. The highest BCUT2D eigenvalue weighted by molar-refractivity contribution is 5.85. The van der Waals surface area contributed by atoms with Gasteiger partial charge in [-0.25, -0.2) is 0 Å². The van der Waals surface area contributed by atoms with E-state index in [1.54, 1.807) is 20.3 Å². The lowest BCUT2D eigenvalue weighted by Gasteiger charge is -2.25. The van der Waals surface area contributed by atoms with Crippen LogP contribution < -0.4 is 31.0 Å². The molecule has 7 nitrogen and oxygen atoms in total. The molecule has 0 saturated carbocycles. The Balaban J connectivity index is 0.00000342. The van der Waals surface area contributed by atoms with Gasteiger partial charge >= 0.3 is 0 Å². The summed E-state index contributed by atoms with van der Waals surface area (Å²) >= 11 is 0. The Labute approximate surface area is 209 Å². The highest BCUT2D eigenvalue weighted by atomic mass is 35.5. The second kappa shape index (κ2) is 11.1. The van der Waals surface area contributed by atoms with Crippen LogP contribution >= 0.6 is 12.4 Å². The Bertz CT molecular complexity index is 1350. The smallest absolute Gasteiger partial charge is 0.271 e. The van der Waals surface area contributed by atoms with Crippen molar-refractivity contribution in [2.24, 2.45) is 0 Å². The van der Waals surface area contributed by atoms with Gasteiger partial charge in [0.2, 0.25) is 0 Å². The summed E-state index contributed by atoms with van der Waals surface area (Å²) in [5.74, 6) is 1.02. The van der Waals surface area contributed by atoms with E-state index >= 15 is 0 Å². The van der Waals surface area contributed by atoms with Crippen LogP contribution in [-0.4, -0.2) is 19.3 Å². The van der Waals surface area contributed by atoms with Gasteiger partial charge in [-0.1, -0.05) is 36.4 Å². The molecule has 8 heteroatoms. The van der Waals surface area contributed by atoms with Crippen LogP contribution in [0.5, 0.6) is 17.2 Å². The molecule has 0 saturated heterocycles. The number of hydrogen-bond acceptors (Lipinski definition) is 7. The van der Waals surface area contributed by atoms with Crippen molar-refractivity contribution in [3.8, 4) is 17.2 Å². The topological polar surface area (TPSA) is 96.9 Å². The molecule has 0 radical (unpaired) electrons. The predicted molar refractivity (Wildman–Crippen MR) is 139 cm³/mol. The number of nitrogens with one attached hydrogen (secondary N) is 2. The zero-order valence-corrected chi connectivity index (χ0v) is 20.4. The third-order valence-corrected chi connectivity index (χ3v) is 5.86. The van der Waals surface area contributed by atoms with E-state index in [1.807, 2.05) is 66.7 Å². The fourth-order valence-corrected chi connectivity index (χ4v) is 3.86. The molecule has 0 heterocycles. The fourth-order valence-electron chi connectivity index (χ4n) is 3.86. The van der Waals surface area contributed by atoms with Crippen molar-refractivity contribution in [3.63, 3.8) is 0 Å². The van der Waals surface area contributed by atoms with Crippen molar-refractivity contribution in [3.05, 3.63) is 110 Å². The van der Waals surface area contributed by atoms with Gasteiger partial charge in [-0.2, -0.15) is 0 Å². The van der Waals surface area contributed by atoms with E-state index in [2.05, 4.69) is 17.6 Å². The summed E-state index contributed by atoms with van der Waals surface area (Å²) in [5.41, 5.74) is 1.98. The summed E-state index contributed by atoms with van der Waals surface area (Å²) < 4.78 is 10.6. The molecular formula is C27H27ClN2O5. The van der Waals surface area contributed by atoms with E-state index in [0.717, 1.165) is 28.2 Å². The summed E-state index contributed by atoms with van der Waals surface area (Å²) in [6.07, 6.45) is 0. The number of methoxy groups -OCH3 is 2. The average molecular weight is 495 g/mol. The molecule has 0 bridgehead atoms. The van der Waals surface area contributed by atoms with Crippen LogP contribution in [0.1, 0.15) is 35.7 Å². The Morgan fingerprint density at radius 3 is 1.89 bits per heavy atom. The van der Waals surface area contributed by atoms with E-state index in [-0.39, 0.29) is 30.2 Å². The summed E-state index contributed by atoms with van der Waals surface area (Å²) in [7, 11) is 3.27. The summed E-state index contributed by atoms with van der Waals surface area (Å²) in [5, 5.41) is 16.3. The first-order chi connectivity index (χ1) is 16.4. The van der Waals surface area contributed by atoms with E-state index < -0.39 is 16.6 Å². The van der Waals surface area contributed by atoms with Gasteiger partial charge in [-0.15, -0.1) is 12.4 Å². The molecule has 0 spiro atoms. The van der Waals surface area contributed by atoms with Crippen LogP contribution in [0.25, 0.3) is 0 Å². The molecule has 1 unspecified atom stereocenters. The molecule has 0 aromatic heterocycles. The van der Waals surface area contributed by atoms with E-state index in [0.29, 0.717) is 5.69 Å². The molecule has 3 N–H and O–H groups in total. The summed E-state index contributed by atoms with van der Waals surface area (Å²) in [6, 6.07) is 23.0. The molecule has 0 amide bonds. The lowest BCUT2D eigenvalue weighted by Crippen LogP contribution is -2.32. The van der Waals surface area contributed by atoms with Gasteiger partial charge in [-0.3, -0.25) is 14.9 Å². The Kier molecular flexibility index (Phi) is 8.17. The normalized spacial score (nSPS) is 12.4. The average Bonchev–Trinajstić information content (AvgIpc) is 2.89. The molecule has 35 heavy (non-hydrogen) atoms. The zero-order chi connectivity index (χ0) is 24.2. The van der Waals surface area contributed by atoms with Gasteiger partial charge in [-0.05, 0) is 60.0 Å². The molecule has 182 valence electrons. The van der Waals surface area contributed by atoms with Gasteiger partial charge in [0.15, 0.2) is 5.75 Å². The monoisotopic (exact) mass is 494 g/mol. The number of benzene rings is 3. The minimum Gasteiger partial charge on any atom is -0.502 e. The highest BCUT2D eigenvalue weighted by Gasteiger charge is 2.22. The van der Waals surface area contributed by atoms with Crippen LogP contribution in [0.2, 0.25) is 0 Å². The van der Waals surface area contributed by atoms with Gasteiger partial charge < -0.3 is 19.9 Å². The van der Waals surface area contributed by atoms with Crippen molar-refractivity contribution in [1.82, 2.24) is 5.32 Å². The minimum atomic E-state index is -0.871. The van der Waals surface area contributed by atoms with E-state index in [4.69, 9.17) is 9.47 Å². The minimum absolute atomic E-state index is 0. The third kappa shape index (κ3) is 5.48. The first kappa shape index (κ1) is 25.8. The van der Waals surface area contributed by atoms with E-state index in [9.17, 15) is 14.7 Å². The molecule has 4 aromatic rings. The molecule has 0 aliphatic heterocycles. The molecule has 4 aromatic carbocycles. The van der Waals surface area contributed by atoms with Crippen LogP contribution in [-0.2, 0) is 0 Å². The lowest BCUT2D eigenvalue weighted by atomic mass is 9.96. The van der Waals surface area contributed by atoms with E-state index in [1.165, 1.54) is 0 Å². The van der Waals surface area contributed by atoms with Crippen LogP contribution in [0.3, 0.4) is 0 Å². The summed E-state index contributed by atoms with van der Waals surface area (Å²) in [6.45, 7) is 2.09. The van der Waals surface area contributed by atoms with Crippen molar-refractivity contribution < 1.29 is 14.6 Å². The number of aromatic hydroxyl groups is 1. The first-order valence-electron chi connectivity index (χ1n) is 10.8. The SMILES string of the molecule is COc1ccc(C(N[C@H](C)c2ccc(OC)cc2)c2cccc(Nc3c(O)c(=O)c3=O)c2)cc1.Cl. The maximum absolute atomic E-state index is 11.8. The van der Waals surface area contributed by atoms with Crippen LogP contribution in [0, 0.1) is 0 Å². The fraction of sp³-hybridized carbons (Fsp3) is 0.185.